The molecule has 21 heavy (non-hydrogen) atoms. The van der Waals surface area contributed by atoms with E-state index < -0.39 is 0 Å². The zero-order valence-electron chi connectivity index (χ0n) is 13.4. The number of likely N-dealkylation sites (N-methyl/N-ethyl adjacent to an activating group) is 2. The summed E-state index contributed by atoms with van der Waals surface area (Å²) in [5.74, 6) is 0.145. The number of nitrogens with zero attached hydrogens (tertiary/aromatic N) is 2. The quantitative estimate of drug-likeness (QED) is 0.802. The predicted molar refractivity (Wildman–Crippen MR) is 90.0 cm³/mol. The lowest BCUT2D eigenvalue weighted by molar-refractivity contribution is -0.129. The summed E-state index contributed by atoms with van der Waals surface area (Å²) in [7, 11) is 1.94. The molecule has 4 nitrogen and oxygen atoms in total. The van der Waals surface area contributed by atoms with Gasteiger partial charge in [-0.15, -0.1) is 0 Å². The molecular formula is C16H26ClN3O. The zero-order valence-corrected chi connectivity index (χ0v) is 14.2. The lowest BCUT2D eigenvalue weighted by Crippen LogP contribution is -2.39. The van der Waals surface area contributed by atoms with Gasteiger partial charge >= 0.3 is 0 Å². The molecule has 0 radical (unpaired) electrons. The molecule has 0 saturated carbocycles. The van der Waals surface area contributed by atoms with Crippen LogP contribution in [0.4, 0.5) is 5.69 Å². The Morgan fingerprint density at radius 3 is 2.48 bits per heavy atom. The van der Waals surface area contributed by atoms with E-state index in [0.717, 1.165) is 42.5 Å². The van der Waals surface area contributed by atoms with Crippen LogP contribution in [-0.2, 0) is 11.3 Å². The summed E-state index contributed by atoms with van der Waals surface area (Å²) >= 11 is 6.08. The number of carbonyl (C=O) groups is 1. The van der Waals surface area contributed by atoms with E-state index in [0.29, 0.717) is 6.54 Å². The van der Waals surface area contributed by atoms with Crippen molar-refractivity contribution in [3.63, 3.8) is 0 Å². The lowest BCUT2D eigenvalue weighted by atomic mass is 10.1. The molecule has 0 saturated heterocycles. The monoisotopic (exact) mass is 311 g/mol. The highest BCUT2D eigenvalue weighted by Crippen LogP contribution is 2.23. The van der Waals surface area contributed by atoms with Crippen LogP contribution in [0.15, 0.2) is 18.2 Å². The van der Waals surface area contributed by atoms with Crippen LogP contribution in [0.3, 0.4) is 0 Å². The van der Waals surface area contributed by atoms with Gasteiger partial charge in [-0.3, -0.25) is 4.79 Å². The standard InChI is InChI=1S/C16H26ClN3O/c1-5-18-11-13-10-14(17)8-9-15(13)19(4)12-16(21)20(6-2)7-3/h8-10,18H,5-7,11-12H2,1-4H3. The largest absolute Gasteiger partial charge is 0.365 e. The van der Waals surface area contributed by atoms with Gasteiger partial charge in [0, 0.05) is 37.4 Å². The lowest BCUT2D eigenvalue weighted by Gasteiger charge is -2.26. The summed E-state index contributed by atoms with van der Waals surface area (Å²) < 4.78 is 0. The maximum atomic E-state index is 12.2. The number of halogens is 1. The van der Waals surface area contributed by atoms with E-state index in [9.17, 15) is 4.79 Å². The Morgan fingerprint density at radius 1 is 1.24 bits per heavy atom. The van der Waals surface area contributed by atoms with Gasteiger partial charge in [0.2, 0.25) is 5.91 Å². The summed E-state index contributed by atoms with van der Waals surface area (Å²) in [5.41, 5.74) is 2.15. The number of hydrogen-bond donors (Lipinski definition) is 1. The van der Waals surface area contributed by atoms with Gasteiger partial charge in [0.15, 0.2) is 0 Å². The molecule has 0 aliphatic heterocycles. The molecule has 0 atom stereocenters. The molecule has 1 N–H and O–H groups in total. The second-order valence-electron chi connectivity index (χ2n) is 4.98. The minimum Gasteiger partial charge on any atom is -0.365 e. The maximum absolute atomic E-state index is 12.2. The molecule has 0 fully saturated rings. The van der Waals surface area contributed by atoms with E-state index in [-0.39, 0.29) is 5.91 Å². The molecule has 0 heterocycles. The summed E-state index contributed by atoms with van der Waals surface area (Å²) in [6.45, 7) is 9.58. The molecule has 118 valence electrons. The van der Waals surface area contributed by atoms with Crippen LogP contribution < -0.4 is 10.2 Å². The molecular weight excluding hydrogens is 286 g/mol. The van der Waals surface area contributed by atoms with Gasteiger partial charge in [-0.1, -0.05) is 18.5 Å². The number of carbonyl (C=O) groups excluding carboxylic acids is 1. The van der Waals surface area contributed by atoms with Crippen molar-refractivity contribution in [1.82, 2.24) is 10.2 Å². The Balaban J connectivity index is 2.85. The fourth-order valence-corrected chi connectivity index (χ4v) is 2.49. The number of anilines is 1. The number of benzene rings is 1. The third kappa shape index (κ3) is 5.21. The SMILES string of the molecule is CCNCc1cc(Cl)ccc1N(C)CC(=O)N(CC)CC. The minimum absolute atomic E-state index is 0.145. The Morgan fingerprint density at radius 2 is 1.90 bits per heavy atom. The number of hydrogen-bond acceptors (Lipinski definition) is 3. The minimum atomic E-state index is 0.145. The highest BCUT2D eigenvalue weighted by atomic mass is 35.5. The molecule has 0 unspecified atom stereocenters. The topological polar surface area (TPSA) is 35.6 Å². The summed E-state index contributed by atoms with van der Waals surface area (Å²) in [4.78, 5) is 16.1. The van der Waals surface area contributed by atoms with E-state index >= 15 is 0 Å². The maximum Gasteiger partial charge on any atom is 0.242 e. The molecule has 0 aromatic heterocycles. The molecule has 0 spiro atoms. The van der Waals surface area contributed by atoms with Gasteiger partial charge in [-0.05, 0) is 44.2 Å². The van der Waals surface area contributed by atoms with Crippen molar-refractivity contribution in [1.29, 1.82) is 0 Å². The Kier molecular flexibility index (Phi) is 7.54. The third-order valence-electron chi connectivity index (χ3n) is 3.51. The van der Waals surface area contributed by atoms with Gasteiger partial charge in [0.1, 0.15) is 0 Å². The first-order chi connectivity index (χ1) is 10.0. The second kappa shape index (κ2) is 8.90. The van der Waals surface area contributed by atoms with Crippen LogP contribution in [0, 0.1) is 0 Å². The number of nitrogens with one attached hydrogen (secondary N) is 1. The molecule has 1 aromatic carbocycles. The predicted octanol–water partition coefficient (Wildman–Crippen LogP) is 2.75. The molecule has 1 aromatic rings. The van der Waals surface area contributed by atoms with Crippen molar-refractivity contribution in [2.75, 3.05) is 38.1 Å². The van der Waals surface area contributed by atoms with Crippen LogP contribution >= 0.6 is 11.6 Å². The van der Waals surface area contributed by atoms with Crippen molar-refractivity contribution in [3.8, 4) is 0 Å². The summed E-state index contributed by atoms with van der Waals surface area (Å²) in [5, 5.41) is 4.02. The van der Waals surface area contributed by atoms with E-state index in [1.165, 1.54) is 0 Å². The molecule has 5 heteroatoms. The first kappa shape index (κ1) is 17.8. The van der Waals surface area contributed by atoms with Crippen LogP contribution in [0.2, 0.25) is 5.02 Å². The van der Waals surface area contributed by atoms with Gasteiger partial charge < -0.3 is 15.1 Å². The highest BCUT2D eigenvalue weighted by molar-refractivity contribution is 6.30. The zero-order chi connectivity index (χ0) is 15.8. The fraction of sp³-hybridized carbons (Fsp3) is 0.562. The Bertz CT molecular complexity index is 461. The highest BCUT2D eigenvalue weighted by Gasteiger charge is 2.15. The first-order valence-corrected chi connectivity index (χ1v) is 7.89. The average Bonchev–Trinajstić information content (AvgIpc) is 2.46. The van der Waals surface area contributed by atoms with Crippen LogP contribution in [-0.4, -0.2) is 44.0 Å². The second-order valence-corrected chi connectivity index (χ2v) is 5.41. The number of rotatable bonds is 8. The molecule has 0 aliphatic rings. The third-order valence-corrected chi connectivity index (χ3v) is 3.74. The van der Waals surface area contributed by atoms with E-state index in [1.807, 2.05) is 48.9 Å². The average molecular weight is 312 g/mol. The number of amides is 1. The molecule has 1 rings (SSSR count). The molecule has 1 amide bonds. The normalized spacial score (nSPS) is 10.5. The Hall–Kier alpha value is -1.26. The van der Waals surface area contributed by atoms with E-state index in [4.69, 9.17) is 11.6 Å². The van der Waals surface area contributed by atoms with Crippen molar-refractivity contribution in [2.45, 2.75) is 27.3 Å². The van der Waals surface area contributed by atoms with Crippen molar-refractivity contribution < 1.29 is 4.79 Å². The Labute approximate surface area is 133 Å². The smallest absolute Gasteiger partial charge is 0.242 e. The van der Waals surface area contributed by atoms with Crippen molar-refractivity contribution in [3.05, 3.63) is 28.8 Å². The van der Waals surface area contributed by atoms with Gasteiger partial charge in [-0.25, -0.2) is 0 Å². The summed E-state index contributed by atoms with van der Waals surface area (Å²) in [6.07, 6.45) is 0. The first-order valence-electron chi connectivity index (χ1n) is 7.51. The van der Waals surface area contributed by atoms with Crippen LogP contribution in [0.5, 0.6) is 0 Å². The van der Waals surface area contributed by atoms with Gasteiger partial charge in [0.25, 0.3) is 0 Å². The van der Waals surface area contributed by atoms with Crippen molar-refractivity contribution in [2.24, 2.45) is 0 Å². The van der Waals surface area contributed by atoms with E-state index in [2.05, 4.69) is 12.2 Å². The molecule has 0 aliphatic carbocycles. The van der Waals surface area contributed by atoms with Crippen LogP contribution in [0.25, 0.3) is 0 Å². The van der Waals surface area contributed by atoms with Gasteiger partial charge in [0.05, 0.1) is 6.54 Å². The molecule has 0 bridgehead atoms. The summed E-state index contributed by atoms with van der Waals surface area (Å²) in [6, 6.07) is 5.80. The van der Waals surface area contributed by atoms with Crippen LogP contribution in [0.1, 0.15) is 26.3 Å². The van der Waals surface area contributed by atoms with E-state index in [1.54, 1.807) is 0 Å². The van der Waals surface area contributed by atoms with Gasteiger partial charge in [-0.2, -0.15) is 0 Å². The fourth-order valence-electron chi connectivity index (χ4n) is 2.29. The van der Waals surface area contributed by atoms with Crippen molar-refractivity contribution >= 4 is 23.2 Å².